The van der Waals surface area contributed by atoms with Crippen LogP contribution in [0, 0.1) is 0 Å². The van der Waals surface area contributed by atoms with Crippen molar-refractivity contribution in [3.05, 3.63) is 15.0 Å². The summed E-state index contributed by atoms with van der Waals surface area (Å²) in [6.45, 7) is 6.16. The van der Waals surface area contributed by atoms with Crippen molar-refractivity contribution in [2.45, 2.75) is 45.4 Å². The predicted octanol–water partition coefficient (Wildman–Crippen LogP) is 2.72. The summed E-state index contributed by atoms with van der Waals surface area (Å²) in [6, 6.07) is -0.803. The van der Waals surface area contributed by atoms with Crippen LogP contribution < -0.4 is 0 Å². The monoisotopic (exact) mass is 440 g/mol. The molecule has 1 amide bonds. The van der Waals surface area contributed by atoms with E-state index in [4.69, 9.17) is 13.7 Å². The highest BCUT2D eigenvalue weighted by molar-refractivity contribution is 9.10. The van der Waals surface area contributed by atoms with E-state index in [9.17, 15) is 13.8 Å². The number of hydrogen-bond acceptors (Lipinski definition) is 8. The molecule has 0 spiro atoms. The van der Waals surface area contributed by atoms with Gasteiger partial charge in [-0.3, -0.25) is 8.98 Å². The molecule has 1 aliphatic heterocycles. The SMILES string of the molecule is CC(=O)OC[C@@H]1[C@H](c2nc(Br)cs2)OS(=O)N1C(=O)OC(C)(C)C. The minimum atomic E-state index is -2.07. The lowest BCUT2D eigenvalue weighted by molar-refractivity contribution is -0.142. The molecule has 0 N–H and O–H groups in total. The summed E-state index contributed by atoms with van der Waals surface area (Å²) in [5.74, 6) is -0.518. The summed E-state index contributed by atoms with van der Waals surface area (Å²) < 4.78 is 29.5. The molecule has 0 aliphatic carbocycles. The highest BCUT2D eigenvalue weighted by atomic mass is 79.9. The number of hydrogen-bond donors (Lipinski definition) is 0. The number of amides is 1. The smallest absolute Gasteiger partial charge is 0.424 e. The first-order valence-electron chi connectivity index (χ1n) is 6.94. The first-order valence-corrected chi connectivity index (χ1v) is 9.64. The van der Waals surface area contributed by atoms with Crippen molar-refractivity contribution in [2.75, 3.05) is 6.61 Å². The van der Waals surface area contributed by atoms with E-state index >= 15 is 0 Å². The van der Waals surface area contributed by atoms with E-state index in [0.29, 0.717) is 9.61 Å². The van der Waals surface area contributed by atoms with Crippen molar-refractivity contribution >= 4 is 50.6 Å². The van der Waals surface area contributed by atoms with Crippen LogP contribution in [0.2, 0.25) is 0 Å². The number of ether oxygens (including phenoxy) is 2. The minimum absolute atomic E-state index is 0.178. The van der Waals surface area contributed by atoms with Crippen molar-refractivity contribution in [2.24, 2.45) is 0 Å². The van der Waals surface area contributed by atoms with Gasteiger partial charge >= 0.3 is 12.1 Å². The molecule has 24 heavy (non-hydrogen) atoms. The molecule has 1 saturated heterocycles. The zero-order valence-electron chi connectivity index (χ0n) is 13.5. The molecular weight excluding hydrogens is 424 g/mol. The Balaban J connectivity index is 2.28. The van der Waals surface area contributed by atoms with Gasteiger partial charge in [-0.25, -0.2) is 14.0 Å². The molecular formula is C13H17BrN2O6S2. The Hall–Kier alpha value is -1.04. The third-order valence-electron chi connectivity index (χ3n) is 2.77. The summed E-state index contributed by atoms with van der Waals surface area (Å²) in [7, 11) is 0. The normalized spacial score (nSPS) is 24.0. The van der Waals surface area contributed by atoms with Gasteiger partial charge in [0, 0.05) is 12.3 Å². The topological polar surface area (TPSA) is 95.0 Å². The van der Waals surface area contributed by atoms with Gasteiger partial charge in [0.25, 0.3) is 11.3 Å². The zero-order chi connectivity index (χ0) is 18.1. The fourth-order valence-electron chi connectivity index (χ4n) is 1.90. The third-order valence-corrected chi connectivity index (χ3v) is 5.49. The molecule has 1 aromatic heterocycles. The number of aromatic nitrogens is 1. The van der Waals surface area contributed by atoms with Gasteiger partial charge in [0.1, 0.15) is 27.9 Å². The standard InChI is InChI=1S/C13H17BrN2O6S2/c1-7(17)20-5-8-10(11-15-9(14)6-23-11)22-24(19)16(8)12(18)21-13(2,3)4/h6,8,10H,5H2,1-4H3/t8-,10-,24?/m1/s1. The molecule has 0 aromatic carbocycles. The van der Waals surface area contributed by atoms with Gasteiger partial charge < -0.3 is 9.47 Å². The van der Waals surface area contributed by atoms with Gasteiger partial charge in [-0.1, -0.05) is 0 Å². The molecule has 0 radical (unpaired) electrons. The van der Waals surface area contributed by atoms with Crippen molar-refractivity contribution in [3.63, 3.8) is 0 Å². The fourth-order valence-corrected chi connectivity index (χ4v) is 4.35. The Labute approximate surface area is 154 Å². The molecule has 0 bridgehead atoms. The maximum absolute atomic E-state index is 12.4. The third kappa shape index (κ3) is 4.74. The molecule has 1 fully saturated rings. The first kappa shape index (κ1) is 19.3. The lowest BCUT2D eigenvalue weighted by atomic mass is 10.2. The lowest BCUT2D eigenvalue weighted by Gasteiger charge is -2.26. The van der Waals surface area contributed by atoms with Crippen molar-refractivity contribution in [3.8, 4) is 0 Å². The van der Waals surface area contributed by atoms with E-state index in [1.165, 1.54) is 18.3 Å². The number of halogens is 1. The van der Waals surface area contributed by atoms with Gasteiger partial charge in [-0.15, -0.1) is 11.3 Å². The van der Waals surface area contributed by atoms with Crippen LogP contribution >= 0.6 is 27.3 Å². The summed E-state index contributed by atoms with van der Waals surface area (Å²) in [5.41, 5.74) is -0.768. The molecule has 2 heterocycles. The maximum Gasteiger partial charge on any atom is 0.424 e. The maximum atomic E-state index is 12.4. The van der Waals surface area contributed by atoms with Crippen molar-refractivity contribution < 1.29 is 27.5 Å². The molecule has 134 valence electrons. The van der Waals surface area contributed by atoms with Crippen LogP contribution in [-0.4, -0.2) is 43.8 Å². The molecule has 1 aliphatic rings. The Morgan fingerprint density at radius 3 is 2.67 bits per heavy atom. The number of thiazole rings is 1. The quantitative estimate of drug-likeness (QED) is 0.666. The number of rotatable bonds is 3. The van der Waals surface area contributed by atoms with Crippen LogP contribution in [0.5, 0.6) is 0 Å². The molecule has 2 rings (SSSR count). The molecule has 3 atom stereocenters. The van der Waals surface area contributed by atoms with Gasteiger partial charge in [0.05, 0.1) is 0 Å². The Morgan fingerprint density at radius 2 is 2.17 bits per heavy atom. The lowest BCUT2D eigenvalue weighted by Crippen LogP contribution is -2.43. The van der Waals surface area contributed by atoms with Crippen LogP contribution in [-0.2, 0) is 29.7 Å². The van der Waals surface area contributed by atoms with E-state index < -0.39 is 41.1 Å². The minimum Gasteiger partial charge on any atom is -0.464 e. The highest BCUT2D eigenvalue weighted by Gasteiger charge is 2.48. The molecule has 8 nitrogen and oxygen atoms in total. The number of carbonyl (C=O) groups excluding carboxylic acids is 2. The number of nitrogens with zero attached hydrogens (tertiary/aromatic N) is 2. The van der Waals surface area contributed by atoms with Crippen LogP contribution in [0.3, 0.4) is 0 Å². The second-order valence-electron chi connectivity index (χ2n) is 5.92. The van der Waals surface area contributed by atoms with Crippen molar-refractivity contribution in [1.82, 2.24) is 9.29 Å². The van der Waals surface area contributed by atoms with E-state index in [0.717, 1.165) is 4.31 Å². The van der Waals surface area contributed by atoms with Gasteiger partial charge in [-0.05, 0) is 36.7 Å². The number of esters is 1. The largest absolute Gasteiger partial charge is 0.464 e. The second kappa shape index (κ2) is 7.46. The van der Waals surface area contributed by atoms with Crippen LogP contribution in [0.15, 0.2) is 9.98 Å². The predicted molar refractivity (Wildman–Crippen MR) is 90.3 cm³/mol. The summed E-state index contributed by atoms with van der Waals surface area (Å²) >= 11 is 2.44. The summed E-state index contributed by atoms with van der Waals surface area (Å²) in [5, 5.41) is 2.25. The summed E-state index contributed by atoms with van der Waals surface area (Å²) in [4.78, 5) is 27.7. The van der Waals surface area contributed by atoms with Crippen LogP contribution in [0.1, 0.15) is 38.8 Å². The van der Waals surface area contributed by atoms with E-state index in [-0.39, 0.29) is 6.61 Å². The molecule has 11 heteroatoms. The average Bonchev–Trinajstić information content (AvgIpc) is 2.97. The first-order chi connectivity index (χ1) is 11.1. The van der Waals surface area contributed by atoms with E-state index in [2.05, 4.69) is 20.9 Å². The zero-order valence-corrected chi connectivity index (χ0v) is 16.7. The number of carbonyl (C=O) groups is 2. The van der Waals surface area contributed by atoms with E-state index in [1.54, 1.807) is 26.2 Å². The second-order valence-corrected chi connectivity index (χ2v) is 8.64. The van der Waals surface area contributed by atoms with Crippen molar-refractivity contribution in [1.29, 1.82) is 0 Å². The molecule has 1 aromatic rings. The Morgan fingerprint density at radius 1 is 1.50 bits per heavy atom. The Bertz CT molecular complexity index is 659. The fraction of sp³-hybridized carbons (Fsp3) is 0.615. The summed E-state index contributed by atoms with van der Waals surface area (Å²) in [6.07, 6.45) is -1.59. The Kier molecular flexibility index (Phi) is 6.00. The van der Waals surface area contributed by atoms with E-state index in [1.807, 2.05) is 0 Å². The van der Waals surface area contributed by atoms with Gasteiger partial charge in [-0.2, -0.15) is 4.31 Å². The average molecular weight is 441 g/mol. The highest BCUT2D eigenvalue weighted by Crippen LogP contribution is 2.37. The van der Waals surface area contributed by atoms with Crippen LogP contribution in [0.25, 0.3) is 0 Å². The van der Waals surface area contributed by atoms with Crippen LogP contribution in [0.4, 0.5) is 4.79 Å². The van der Waals surface area contributed by atoms with Gasteiger partial charge in [0.2, 0.25) is 0 Å². The molecule has 1 unspecified atom stereocenters. The van der Waals surface area contributed by atoms with Gasteiger partial charge in [0.15, 0.2) is 6.10 Å². The molecule has 0 saturated carbocycles.